The molecule has 1 rings (SSSR count). The Morgan fingerprint density at radius 1 is 1.44 bits per heavy atom. The van der Waals surface area contributed by atoms with E-state index in [4.69, 9.17) is 5.73 Å². The van der Waals surface area contributed by atoms with Crippen LogP contribution in [0.4, 0.5) is 10.5 Å². The van der Waals surface area contributed by atoms with E-state index >= 15 is 0 Å². The second kappa shape index (κ2) is 5.69. The Morgan fingerprint density at radius 2 is 2.06 bits per heavy atom. The third-order valence-electron chi connectivity index (χ3n) is 2.31. The van der Waals surface area contributed by atoms with E-state index in [1.807, 2.05) is 0 Å². The van der Waals surface area contributed by atoms with Gasteiger partial charge in [0.05, 0.1) is 12.8 Å². The molecule has 7 nitrogen and oxygen atoms in total. The third kappa shape index (κ3) is 3.11. The van der Waals surface area contributed by atoms with Gasteiger partial charge in [-0.3, -0.25) is 4.31 Å². The summed E-state index contributed by atoms with van der Waals surface area (Å²) in [6.07, 6.45) is -1.05. The van der Waals surface area contributed by atoms with Crippen LogP contribution < -0.4 is 14.8 Å². The minimum absolute atomic E-state index is 0.189. The molecule has 0 heterocycles. The molecule has 0 aliphatic carbocycles. The predicted octanol–water partition coefficient (Wildman–Crippen LogP) is 0.182. The van der Waals surface area contributed by atoms with Gasteiger partial charge < -0.3 is 10.5 Å². The van der Waals surface area contributed by atoms with Crippen LogP contribution in [0.3, 0.4) is 0 Å². The van der Waals surface area contributed by atoms with Crippen LogP contribution in [0.5, 0.6) is 0 Å². The van der Waals surface area contributed by atoms with Gasteiger partial charge in [-0.05, 0) is 11.6 Å². The summed E-state index contributed by atoms with van der Waals surface area (Å²) in [5.74, 6) is 0. The van der Waals surface area contributed by atoms with E-state index in [0.717, 1.165) is 11.4 Å². The molecule has 0 radical (unpaired) electrons. The van der Waals surface area contributed by atoms with Gasteiger partial charge in [-0.2, -0.15) is 8.42 Å². The van der Waals surface area contributed by atoms with Crippen molar-refractivity contribution in [2.75, 3.05) is 18.5 Å². The van der Waals surface area contributed by atoms with Crippen LogP contribution in [0.15, 0.2) is 24.3 Å². The molecule has 0 fully saturated rings. The van der Waals surface area contributed by atoms with Gasteiger partial charge in [0.1, 0.15) is 0 Å². The van der Waals surface area contributed by atoms with Crippen LogP contribution in [-0.2, 0) is 21.5 Å². The number of ether oxygens (including phenoxy) is 1. The first-order chi connectivity index (χ1) is 8.42. The highest BCUT2D eigenvalue weighted by atomic mass is 32.2. The molecule has 8 heteroatoms. The number of hydrogen-bond donors (Lipinski definition) is 2. The lowest BCUT2D eigenvalue weighted by Crippen LogP contribution is -2.41. The fraction of sp³-hybridized carbons (Fsp3) is 0.300. The Hall–Kier alpha value is -1.80. The van der Waals surface area contributed by atoms with Gasteiger partial charge in [0.15, 0.2) is 0 Å². The third-order valence-corrected chi connectivity index (χ3v) is 3.65. The Kier molecular flexibility index (Phi) is 4.51. The van der Waals surface area contributed by atoms with Crippen LogP contribution in [0.2, 0.25) is 0 Å². The first kappa shape index (κ1) is 14.3. The van der Waals surface area contributed by atoms with Crippen LogP contribution in [-0.4, -0.2) is 28.7 Å². The predicted molar refractivity (Wildman–Crippen MR) is 67.2 cm³/mol. The highest BCUT2D eigenvalue weighted by Crippen LogP contribution is 2.20. The van der Waals surface area contributed by atoms with E-state index in [0.29, 0.717) is 11.3 Å². The number of rotatable bonds is 4. The second-order valence-electron chi connectivity index (χ2n) is 3.40. The Bertz CT molecular complexity index is 530. The summed E-state index contributed by atoms with van der Waals surface area (Å²) in [4.78, 5) is 11.0. The molecule has 0 aliphatic rings. The molecule has 0 bridgehead atoms. The Morgan fingerprint density at radius 3 is 2.61 bits per heavy atom. The van der Waals surface area contributed by atoms with Gasteiger partial charge in [0, 0.05) is 13.6 Å². The van der Waals surface area contributed by atoms with Crippen LogP contribution in [0, 0.1) is 0 Å². The van der Waals surface area contributed by atoms with Crippen molar-refractivity contribution in [1.82, 2.24) is 4.72 Å². The second-order valence-corrected chi connectivity index (χ2v) is 5.10. The van der Waals surface area contributed by atoms with Crippen LogP contribution in [0.1, 0.15) is 5.56 Å². The fourth-order valence-corrected chi connectivity index (χ4v) is 2.20. The Labute approximate surface area is 106 Å². The zero-order chi connectivity index (χ0) is 13.8. The van der Waals surface area contributed by atoms with Crippen molar-refractivity contribution in [1.29, 1.82) is 0 Å². The van der Waals surface area contributed by atoms with Crippen LogP contribution in [0.25, 0.3) is 0 Å². The van der Waals surface area contributed by atoms with Crippen molar-refractivity contribution in [2.24, 2.45) is 5.73 Å². The number of nitrogens with two attached hydrogens (primary N) is 1. The number of carbonyl (C=O) groups excluding carboxylic acids is 1. The molecule has 0 saturated heterocycles. The quantitative estimate of drug-likeness (QED) is 0.815. The van der Waals surface area contributed by atoms with Crippen molar-refractivity contribution in [3.63, 3.8) is 0 Å². The molecule has 0 aliphatic heterocycles. The van der Waals surface area contributed by atoms with E-state index < -0.39 is 16.3 Å². The van der Waals surface area contributed by atoms with Crippen molar-refractivity contribution < 1.29 is 17.9 Å². The molecule has 18 heavy (non-hydrogen) atoms. The fourth-order valence-electron chi connectivity index (χ4n) is 1.34. The molecule has 0 spiro atoms. The summed E-state index contributed by atoms with van der Waals surface area (Å²) in [5, 5.41) is 0. The van der Waals surface area contributed by atoms with Gasteiger partial charge >= 0.3 is 16.3 Å². The SMILES string of the molecule is COC(=O)NS(=O)(=O)N(C)c1ccccc1CN. The summed E-state index contributed by atoms with van der Waals surface area (Å²) >= 11 is 0. The molecule has 0 saturated carbocycles. The highest BCUT2D eigenvalue weighted by Gasteiger charge is 2.22. The molecular weight excluding hydrogens is 258 g/mol. The lowest BCUT2D eigenvalue weighted by Gasteiger charge is -2.21. The standard InChI is InChI=1S/C10H15N3O4S/c1-13(18(15,16)12-10(14)17-2)9-6-4-3-5-8(9)7-11/h3-6H,7,11H2,1-2H3,(H,12,14). The lowest BCUT2D eigenvalue weighted by atomic mass is 10.2. The van der Waals surface area contributed by atoms with Gasteiger partial charge in [0.25, 0.3) is 0 Å². The smallest absolute Gasteiger partial charge is 0.422 e. The monoisotopic (exact) mass is 273 g/mol. The number of nitrogens with zero attached hydrogens (tertiary/aromatic N) is 1. The number of methoxy groups -OCH3 is 1. The minimum Gasteiger partial charge on any atom is -0.452 e. The van der Waals surface area contributed by atoms with E-state index in [2.05, 4.69) is 4.74 Å². The van der Waals surface area contributed by atoms with E-state index in [1.54, 1.807) is 29.0 Å². The number of nitrogens with one attached hydrogen (secondary N) is 1. The van der Waals surface area contributed by atoms with Gasteiger partial charge in [-0.15, -0.1) is 0 Å². The van der Waals surface area contributed by atoms with Gasteiger partial charge in [0.2, 0.25) is 0 Å². The number of carbonyl (C=O) groups is 1. The topological polar surface area (TPSA) is 102 Å². The zero-order valence-corrected chi connectivity index (χ0v) is 10.9. The Balaban J connectivity index is 3.06. The minimum atomic E-state index is -4.00. The molecule has 3 N–H and O–H groups in total. The molecule has 0 unspecified atom stereocenters. The lowest BCUT2D eigenvalue weighted by molar-refractivity contribution is 0.177. The maximum atomic E-state index is 11.8. The van der Waals surface area contributed by atoms with Crippen molar-refractivity contribution in [2.45, 2.75) is 6.54 Å². The van der Waals surface area contributed by atoms with Crippen LogP contribution >= 0.6 is 0 Å². The first-order valence-corrected chi connectivity index (χ1v) is 6.49. The number of amides is 1. The number of hydrogen-bond acceptors (Lipinski definition) is 5. The molecule has 0 atom stereocenters. The van der Waals surface area contributed by atoms with Crippen molar-refractivity contribution >= 4 is 22.0 Å². The average Bonchev–Trinajstić information content (AvgIpc) is 2.37. The number of anilines is 1. The zero-order valence-electron chi connectivity index (χ0n) is 10.1. The van der Waals surface area contributed by atoms with Gasteiger partial charge in [-0.1, -0.05) is 18.2 Å². The average molecular weight is 273 g/mol. The summed E-state index contributed by atoms with van der Waals surface area (Å²) in [6, 6.07) is 6.73. The largest absolute Gasteiger partial charge is 0.452 e. The molecule has 1 amide bonds. The van der Waals surface area contributed by atoms with E-state index in [1.165, 1.54) is 7.05 Å². The molecule has 1 aromatic carbocycles. The number of para-hydroxylation sites is 1. The van der Waals surface area contributed by atoms with Crippen molar-refractivity contribution in [3.8, 4) is 0 Å². The normalized spacial score (nSPS) is 10.8. The maximum Gasteiger partial charge on any atom is 0.422 e. The van der Waals surface area contributed by atoms with E-state index in [9.17, 15) is 13.2 Å². The molecular formula is C10H15N3O4S. The van der Waals surface area contributed by atoms with Crippen molar-refractivity contribution in [3.05, 3.63) is 29.8 Å². The summed E-state index contributed by atoms with van der Waals surface area (Å²) < 4.78 is 30.6. The summed E-state index contributed by atoms with van der Waals surface area (Å²) in [6.45, 7) is 0.189. The summed E-state index contributed by atoms with van der Waals surface area (Å²) in [7, 11) is -1.60. The summed E-state index contributed by atoms with van der Waals surface area (Å²) in [5.41, 5.74) is 6.57. The first-order valence-electron chi connectivity index (χ1n) is 5.05. The molecule has 0 aromatic heterocycles. The molecule has 100 valence electrons. The van der Waals surface area contributed by atoms with E-state index in [-0.39, 0.29) is 6.54 Å². The highest BCUT2D eigenvalue weighted by molar-refractivity contribution is 7.91. The number of benzene rings is 1. The maximum absolute atomic E-state index is 11.8. The molecule has 1 aromatic rings. The van der Waals surface area contributed by atoms with Gasteiger partial charge in [-0.25, -0.2) is 9.52 Å².